The van der Waals surface area contributed by atoms with Crippen molar-refractivity contribution in [1.29, 1.82) is 0 Å². The van der Waals surface area contributed by atoms with Gasteiger partial charge in [-0.25, -0.2) is 8.42 Å². The van der Waals surface area contributed by atoms with E-state index in [4.69, 9.17) is 17.3 Å². The summed E-state index contributed by atoms with van der Waals surface area (Å²) in [5.74, 6) is 1.23. The van der Waals surface area contributed by atoms with Crippen molar-refractivity contribution in [1.82, 2.24) is 0 Å². The second kappa shape index (κ2) is 3.35. The van der Waals surface area contributed by atoms with Gasteiger partial charge in [-0.2, -0.15) is 0 Å². The van der Waals surface area contributed by atoms with Gasteiger partial charge >= 0.3 is 0 Å². The van der Waals surface area contributed by atoms with E-state index in [1.54, 1.807) is 0 Å². The maximum atomic E-state index is 11.9. The van der Waals surface area contributed by atoms with Crippen LogP contribution < -0.4 is 5.73 Å². The van der Waals surface area contributed by atoms with Gasteiger partial charge in [0.2, 0.25) is 0 Å². The highest BCUT2D eigenvalue weighted by Gasteiger charge is 2.55. The number of rotatable bonds is 1. The zero-order valence-electron chi connectivity index (χ0n) is 8.08. The number of hydrogen-bond acceptors (Lipinski definition) is 3. The first-order valence-electron chi connectivity index (χ1n) is 5.03. The second-order valence-corrected chi connectivity index (χ2v) is 7.50. The van der Waals surface area contributed by atoms with E-state index in [-0.39, 0.29) is 11.8 Å². The Morgan fingerprint density at radius 3 is 2.57 bits per heavy atom. The maximum Gasteiger partial charge on any atom is 0.156 e. The lowest BCUT2D eigenvalue weighted by Crippen LogP contribution is -2.57. The van der Waals surface area contributed by atoms with Gasteiger partial charge in [-0.3, -0.25) is 0 Å². The van der Waals surface area contributed by atoms with Crippen LogP contribution >= 0.6 is 11.6 Å². The summed E-state index contributed by atoms with van der Waals surface area (Å²) in [5, 5.41) is 0. The molecule has 5 heteroatoms. The normalized spacial score (nSPS) is 46.1. The van der Waals surface area contributed by atoms with E-state index in [2.05, 4.69) is 0 Å². The standard InChI is InChI=1S/C9H16ClNO2S/c10-6-7-3-9(4-7)5-8(11)1-2-14(9,12)13/h7-8H,1-6,11H2. The van der Waals surface area contributed by atoms with Gasteiger partial charge < -0.3 is 5.73 Å². The van der Waals surface area contributed by atoms with E-state index in [0.29, 0.717) is 24.6 Å². The quantitative estimate of drug-likeness (QED) is 0.690. The minimum absolute atomic E-state index is 0.0646. The lowest BCUT2D eigenvalue weighted by molar-refractivity contribution is 0.206. The van der Waals surface area contributed by atoms with Crippen LogP contribution in [0, 0.1) is 5.92 Å². The molecular formula is C9H16ClNO2S. The fraction of sp³-hybridized carbons (Fsp3) is 1.00. The highest BCUT2D eigenvalue weighted by molar-refractivity contribution is 7.92. The van der Waals surface area contributed by atoms with E-state index < -0.39 is 14.6 Å². The number of nitrogens with two attached hydrogens (primary N) is 1. The molecule has 1 unspecified atom stereocenters. The molecule has 1 saturated heterocycles. The van der Waals surface area contributed by atoms with Crippen LogP contribution in [0.3, 0.4) is 0 Å². The predicted octanol–water partition coefficient (Wildman–Crippen LogP) is 0.910. The molecule has 0 aromatic rings. The lowest BCUT2D eigenvalue weighted by Gasteiger charge is -2.50. The monoisotopic (exact) mass is 237 g/mol. The molecule has 14 heavy (non-hydrogen) atoms. The van der Waals surface area contributed by atoms with E-state index in [9.17, 15) is 8.42 Å². The molecule has 1 atom stereocenters. The van der Waals surface area contributed by atoms with Crippen molar-refractivity contribution in [3.63, 3.8) is 0 Å². The average molecular weight is 238 g/mol. The van der Waals surface area contributed by atoms with E-state index in [1.165, 1.54) is 0 Å². The first kappa shape index (κ1) is 10.7. The Balaban J connectivity index is 2.16. The lowest BCUT2D eigenvalue weighted by atomic mass is 9.71. The van der Waals surface area contributed by atoms with Crippen LogP contribution in [0.1, 0.15) is 25.7 Å². The van der Waals surface area contributed by atoms with Gasteiger partial charge in [0.05, 0.1) is 10.5 Å². The molecule has 0 aromatic heterocycles. The zero-order valence-corrected chi connectivity index (χ0v) is 9.65. The zero-order chi connectivity index (χ0) is 10.4. The summed E-state index contributed by atoms with van der Waals surface area (Å²) in [6.07, 6.45) is 2.72. The number of sulfone groups is 1. The van der Waals surface area contributed by atoms with Crippen LogP contribution in [0.5, 0.6) is 0 Å². The van der Waals surface area contributed by atoms with Crippen molar-refractivity contribution in [2.24, 2.45) is 11.7 Å². The fourth-order valence-electron chi connectivity index (χ4n) is 2.75. The largest absolute Gasteiger partial charge is 0.328 e. The molecule has 2 fully saturated rings. The Hall–Kier alpha value is 0.200. The Labute approximate surface area is 89.9 Å². The molecular weight excluding hydrogens is 222 g/mol. The van der Waals surface area contributed by atoms with E-state index in [1.807, 2.05) is 0 Å². The molecule has 1 spiro atoms. The Bertz CT molecular complexity index is 322. The molecule has 82 valence electrons. The molecule has 1 aliphatic heterocycles. The number of alkyl halides is 1. The van der Waals surface area contributed by atoms with Gasteiger partial charge in [0.15, 0.2) is 9.84 Å². The van der Waals surface area contributed by atoms with Gasteiger partial charge in [0, 0.05) is 11.9 Å². The first-order valence-corrected chi connectivity index (χ1v) is 7.22. The minimum atomic E-state index is -2.90. The average Bonchev–Trinajstić information content (AvgIpc) is 2.05. The predicted molar refractivity (Wildman–Crippen MR) is 57.2 cm³/mol. The van der Waals surface area contributed by atoms with Gasteiger partial charge in [-0.05, 0) is 31.6 Å². The Morgan fingerprint density at radius 2 is 2.00 bits per heavy atom. The molecule has 1 aliphatic carbocycles. The van der Waals surface area contributed by atoms with Crippen LogP contribution in [-0.4, -0.2) is 30.8 Å². The van der Waals surface area contributed by atoms with Crippen LogP contribution in [0.15, 0.2) is 0 Å². The van der Waals surface area contributed by atoms with Gasteiger partial charge in [-0.1, -0.05) is 0 Å². The van der Waals surface area contributed by atoms with Crippen molar-refractivity contribution in [2.45, 2.75) is 36.5 Å². The minimum Gasteiger partial charge on any atom is -0.328 e. The van der Waals surface area contributed by atoms with E-state index >= 15 is 0 Å². The molecule has 0 bridgehead atoms. The topological polar surface area (TPSA) is 60.2 Å². The Kier molecular flexibility index (Phi) is 2.57. The summed E-state index contributed by atoms with van der Waals surface area (Å²) < 4.78 is 23.3. The third-order valence-electron chi connectivity index (χ3n) is 3.59. The number of hydrogen-bond donors (Lipinski definition) is 1. The van der Waals surface area contributed by atoms with E-state index in [0.717, 1.165) is 12.8 Å². The van der Waals surface area contributed by atoms with Gasteiger partial charge in [0.25, 0.3) is 0 Å². The van der Waals surface area contributed by atoms with Crippen LogP contribution in [-0.2, 0) is 9.84 Å². The highest BCUT2D eigenvalue weighted by atomic mass is 35.5. The molecule has 1 heterocycles. The fourth-order valence-corrected chi connectivity index (χ4v) is 5.46. The van der Waals surface area contributed by atoms with Crippen molar-refractivity contribution < 1.29 is 8.42 Å². The Morgan fingerprint density at radius 1 is 1.36 bits per heavy atom. The third-order valence-corrected chi connectivity index (χ3v) is 6.62. The summed E-state index contributed by atoms with van der Waals surface area (Å²) in [6, 6.07) is 0.0646. The molecule has 3 nitrogen and oxygen atoms in total. The molecule has 1 saturated carbocycles. The van der Waals surface area contributed by atoms with Crippen LogP contribution in [0.2, 0.25) is 0 Å². The molecule has 0 radical (unpaired) electrons. The molecule has 0 aromatic carbocycles. The summed E-state index contributed by atoms with van der Waals surface area (Å²) in [4.78, 5) is 0. The van der Waals surface area contributed by atoms with Gasteiger partial charge in [-0.15, -0.1) is 11.6 Å². The van der Waals surface area contributed by atoms with Crippen molar-refractivity contribution in [2.75, 3.05) is 11.6 Å². The smallest absolute Gasteiger partial charge is 0.156 e. The summed E-state index contributed by atoms with van der Waals surface area (Å²) in [6.45, 7) is 0. The van der Waals surface area contributed by atoms with Gasteiger partial charge in [0.1, 0.15) is 0 Å². The van der Waals surface area contributed by atoms with Crippen molar-refractivity contribution >= 4 is 21.4 Å². The summed E-state index contributed by atoms with van der Waals surface area (Å²) in [7, 11) is -2.90. The maximum absolute atomic E-state index is 11.9. The SMILES string of the molecule is NC1CCS(=O)(=O)C2(C1)CC(CCl)C2. The van der Waals surface area contributed by atoms with Crippen molar-refractivity contribution in [3.05, 3.63) is 0 Å². The number of halogens is 1. The van der Waals surface area contributed by atoms with Crippen molar-refractivity contribution in [3.8, 4) is 0 Å². The molecule has 0 amide bonds. The van der Waals surface area contributed by atoms with Crippen LogP contribution in [0.4, 0.5) is 0 Å². The third kappa shape index (κ3) is 1.48. The molecule has 2 rings (SSSR count). The summed E-state index contributed by atoms with van der Waals surface area (Å²) in [5.41, 5.74) is 5.83. The first-order chi connectivity index (χ1) is 6.49. The second-order valence-electron chi connectivity index (χ2n) is 4.68. The van der Waals surface area contributed by atoms with Crippen LogP contribution in [0.25, 0.3) is 0 Å². The summed E-state index contributed by atoms with van der Waals surface area (Å²) >= 11 is 5.71. The molecule has 2 N–H and O–H groups in total. The highest BCUT2D eigenvalue weighted by Crippen LogP contribution is 2.49. The molecule has 2 aliphatic rings.